The first-order chi connectivity index (χ1) is 14.0. The van der Waals surface area contributed by atoms with Gasteiger partial charge in [0.05, 0.1) is 12.9 Å². The van der Waals surface area contributed by atoms with Crippen LogP contribution in [-0.2, 0) is 16.1 Å². The summed E-state index contributed by atoms with van der Waals surface area (Å²) in [5, 5.41) is 3.03. The molecule has 0 aliphatic carbocycles. The number of fused-ring (bicyclic) bond motifs is 1. The van der Waals surface area contributed by atoms with Gasteiger partial charge in [0.1, 0.15) is 11.6 Å². The van der Waals surface area contributed by atoms with E-state index in [4.69, 9.17) is 22.1 Å². The first-order valence-electron chi connectivity index (χ1n) is 9.30. The number of nitrogens with two attached hydrogens (primary N) is 1. The van der Waals surface area contributed by atoms with E-state index >= 15 is 0 Å². The second-order valence-electron chi connectivity index (χ2n) is 7.85. The zero-order valence-electron chi connectivity index (χ0n) is 17.1. The van der Waals surface area contributed by atoms with Gasteiger partial charge in [0.15, 0.2) is 17.0 Å². The van der Waals surface area contributed by atoms with Crippen molar-refractivity contribution in [1.82, 2.24) is 19.5 Å². The molecule has 0 radical (unpaired) electrons. The third kappa shape index (κ3) is 5.04. The summed E-state index contributed by atoms with van der Waals surface area (Å²) in [6.07, 6.45) is 1.61. The number of carbonyl (C=O) groups is 2. The molecule has 3 N–H and O–H groups in total. The molecule has 2 heterocycles. The fraction of sp³-hybridized carbons (Fsp3) is 0.350. The van der Waals surface area contributed by atoms with E-state index in [1.807, 2.05) is 0 Å². The second-order valence-corrected chi connectivity index (χ2v) is 8.18. The van der Waals surface area contributed by atoms with Gasteiger partial charge in [0, 0.05) is 5.56 Å². The summed E-state index contributed by atoms with van der Waals surface area (Å²) in [4.78, 5) is 36.3. The molecule has 0 spiro atoms. The van der Waals surface area contributed by atoms with Gasteiger partial charge in [-0.15, -0.1) is 0 Å². The molecule has 0 fully saturated rings. The zero-order chi connectivity index (χ0) is 22.1. The molecule has 0 aliphatic heterocycles. The van der Waals surface area contributed by atoms with E-state index in [1.54, 1.807) is 62.9 Å². The molecular formula is C20H23ClN6O3. The van der Waals surface area contributed by atoms with Crippen molar-refractivity contribution in [2.45, 2.75) is 45.9 Å². The fourth-order valence-electron chi connectivity index (χ4n) is 2.76. The maximum atomic E-state index is 12.3. The molecule has 1 aromatic carbocycles. The predicted molar refractivity (Wildman–Crippen MR) is 113 cm³/mol. The number of anilines is 1. The number of hydrogen-bond donors (Lipinski definition) is 2. The van der Waals surface area contributed by atoms with Crippen LogP contribution in [0, 0.1) is 0 Å². The molecule has 2 aromatic heterocycles. The number of imidazole rings is 1. The van der Waals surface area contributed by atoms with Crippen LogP contribution >= 0.6 is 11.6 Å². The summed E-state index contributed by atoms with van der Waals surface area (Å²) in [6, 6.07) is 6.27. The van der Waals surface area contributed by atoms with Crippen molar-refractivity contribution >= 4 is 40.5 Å². The van der Waals surface area contributed by atoms with Gasteiger partial charge in [-0.3, -0.25) is 4.79 Å². The lowest BCUT2D eigenvalue weighted by Crippen LogP contribution is -2.34. The van der Waals surface area contributed by atoms with Crippen LogP contribution in [0.5, 0.6) is 0 Å². The monoisotopic (exact) mass is 430 g/mol. The van der Waals surface area contributed by atoms with Gasteiger partial charge >= 0.3 is 5.97 Å². The van der Waals surface area contributed by atoms with Crippen LogP contribution in [0.4, 0.5) is 5.82 Å². The maximum Gasteiger partial charge on any atom is 0.328 e. The Hall–Kier alpha value is -3.20. The van der Waals surface area contributed by atoms with Gasteiger partial charge in [0.25, 0.3) is 0 Å². The highest BCUT2D eigenvalue weighted by Crippen LogP contribution is 2.23. The number of primary amides is 1. The topological polar surface area (TPSA) is 125 Å². The molecule has 0 saturated carbocycles. The van der Waals surface area contributed by atoms with Crippen LogP contribution in [0.1, 0.15) is 43.6 Å². The highest BCUT2D eigenvalue weighted by atomic mass is 35.5. The molecule has 10 heteroatoms. The molecule has 9 nitrogen and oxygen atoms in total. The molecule has 1 atom stereocenters. The smallest absolute Gasteiger partial charge is 0.328 e. The number of nitrogens with one attached hydrogen (secondary N) is 1. The van der Waals surface area contributed by atoms with Crippen LogP contribution < -0.4 is 11.1 Å². The average Bonchev–Trinajstić information content (AvgIpc) is 3.03. The third-order valence-electron chi connectivity index (χ3n) is 4.14. The average molecular weight is 431 g/mol. The molecule has 158 valence electrons. The number of halogens is 1. The molecule has 0 saturated heterocycles. The summed E-state index contributed by atoms with van der Waals surface area (Å²) in [7, 11) is 0. The number of esters is 1. The molecule has 0 unspecified atom stereocenters. The van der Waals surface area contributed by atoms with Crippen LogP contribution in [0.15, 0.2) is 30.6 Å². The Morgan fingerprint density at radius 1 is 1.23 bits per heavy atom. The summed E-state index contributed by atoms with van der Waals surface area (Å²) < 4.78 is 7.19. The van der Waals surface area contributed by atoms with E-state index in [0.717, 1.165) is 5.56 Å². The number of rotatable bonds is 6. The molecule has 1 amide bonds. The summed E-state index contributed by atoms with van der Waals surface area (Å²) in [6.45, 7) is 7.52. The summed E-state index contributed by atoms with van der Waals surface area (Å²) >= 11 is 6.11. The van der Waals surface area contributed by atoms with Gasteiger partial charge in [-0.1, -0.05) is 12.1 Å². The van der Waals surface area contributed by atoms with Crippen molar-refractivity contribution in [3.05, 3.63) is 47.0 Å². The summed E-state index contributed by atoms with van der Waals surface area (Å²) in [5.74, 6) is -0.561. The molecular weight excluding hydrogens is 408 g/mol. The van der Waals surface area contributed by atoms with E-state index in [0.29, 0.717) is 29.1 Å². The first kappa shape index (κ1) is 21.5. The van der Waals surface area contributed by atoms with E-state index in [-0.39, 0.29) is 5.28 Å². The van der Waals surface area contributed by atoms with Gasteiger partial charge < -0.3 is 20.4 Å². The van der Waals surface area contributed by atoms with Crippen molar-refractivity contribution in [1.29, 1.82) is 0 Å². The Labute approximate surface area is 178 Å². The lowest BCUT2D eigenvalue weighted by atomic mass is 10.1. The van der Waals surface area contributed by atoms with Crippen LogP contribution in [0.25, 0.3) is 11.2 Å². The SMILES string of the molecule is C[C@H](Nc1nc(Cl)nc2c1ncn2Cc1ccc(C(N)=O)cc1)C(=O)OC(C)(C)C. The van der Waals surface area contributed by atoms with Crippen LogP contribution in [0.2, 0.25) is 5.28 Å². The second kappa shape index (κ2) is 8.27. The minimum atomic E-state index is -0.662. The number of ether oxygens (including phenoxy) is 1. The number of benzene rings is 1. The van der Waals surface area contributed by atoms with Gasteiger partial charge in [-0.05, 0) is 57.0 Å². The minimum absolute atomic E-state index is 0.0206. The predicted octanol–water partition coefficient (Wildman–Crippen LogP) is 2.77. The third-order valence-corrected chi connectivity index (χ3v) is 4.31. The van der Waals surface area contributed by atoms with Gasteiger partial charge in [-0.2, -0.15) is 9.97 Å². The number of amides is 1. The van der Waals surface area contributed by atoms with E-state index in [9.17, 15) is 9.59 Å². The van der Waals surface area contributed by atoms with Crippen molar-refractivity contribution in [2.24, 2.45) is 5.73 Å². The standard InChI is InChI=1S/C20H23ClN6O3/c1-11(18(29)30-20(2,3)4)24-16-14-17(26-19(21)25-16)27(10-23-14)9-12-5-7-13(8-6-12)15(22)28/h5-8,10-11H,9H2,1-4H3,(H2,22,28)(H,24,25,26)/t11-/m0/s1. The van der Waals surface area contributed by atoms with Gasteiger partial charge in [0.2, 0.25) is 11.2 Å². The molecule has 30 heavy (non-hydrogen) atoms. The fourth-order valence-corrected chi connectivity index (χ4v) is 2.92. The number of aromatic nitrogens is 4. The molecule has 0 aliphatic rings. The largest absolute Gasteiger partial charge is 0.458 e. The quantitative estimate of drug-likeness (QED) is 0.455. The van der Waals surface area contributed by atoms with Crippen molar-refractivity contribution in [3.8, 4) is 0 Å². The minimum Gasteiger partial charge on any atom is -0.458 e. The Morgan fingerprint density at radius 3 is 2.50 bits per heavy atom. The maximum absolute atomic E-state index is 12.3. The van der Waals surface area contributed by atoms with Crippen molar-refractivity contribution in [2.75, 3.05) is 5.32 Å². The highest BCUT2D eigenvalue weighted by Gasteiger charge is 2.23. The van der Waals surface area contributed by atoms with E-state index in [2.05, 4.69) is 20.3 Å². The highest BCUT2D eigenvalue weighted by molar-refractivity contribution is 6.28. The number of nitrogens with zero attached hydrogens (tertiary/aromatic N) is 4. The van der Waals surface area contributed by atoms with E-state index < -0.39 is 23.5 Å². The molecule has 3 aromatic rings. The Kier molecular flexibility index (Phi) is 5.93. The van der Waals surface area contributed by atoms with Gasteiger partial charge in [-0.25, -0.2) is 9.78 Å². The molecule has 3 rings (SSSR count). The lowest BCUT2D eigenvalue weighted by molar-refractivity contribution is -0.155. The Morgan fingerprint density at radius 2 is 1.90 bits per heavy atom. The Bertz CT molecular complexity index is 1090. The van der Waals surface area contributed by atoms with Crippen LogP contribution in [0.3, 0.4) is 0 Å². The van der Waals surface area contributed by atoms with Crippen LogP contribution in [-0.4, -0.2) is 43.0 Å². The normalized spacial score (nSPS) is 12.6. The number of hydrogen-bond acceptors (Lipinski definition) is 7. The first-order valence-corrected chi connectivity index (χ1v) is 9.68. The molecule has 0 bridgehead atoms. The van der Waals surface area contributed by atoms with E-state index in [1.165, 1.54) is 0 Å². The zero-order valence-corrected chi connectivity index (χ0v) is 17.9. The summed E-state index contributed by atoms with van der Waals surface area (Å²) in [5.41, 5.74) is 7.01. The number of carbonyl (C=O) groups excluding carboxylic acids is 2. The Balaban J connectivity index is 1.85. The van der Waals surface area contributed by atoms with Crippen molar-refractivity contribution in [3.63, 3.8) is 0 Å². The van der Waals surface area contributed by atoms with Crippen molar-refractivity contribution < 1.29 is 14.3 Å². The lowest BCUT2D eigenvalue weighted by Gasteiger charge is -2.23.